The maximum absolute atomic E-state index is 9.85. The van der Waals surface area contributed by atoms with Gasteiger partial charge in [-0.15, -0.1) is 0 Å². The van der Waals surface area contributed by atoms with Crippen LogP contribution in [0.1, 0.15) is 16.7 Å². The predicted molar refractivity (Wildman–Crippen MR) is 75.3 cm³/mol. The Labute approximate surface area is 115 Å². The number of halogens is 1. The minimum Gasteiger partial charge on any atom is -0.506 e. The van der Waals surface area contributed by atoms with Gasteiger partial charge in [-0.05, 0) is 46.1 Å². The van der Waals surface area contributed by atoms with Crippen molar-refractivity contribution in [2.75, 3.05) is 0 Å². The van der Waals surface area contributed by atoms with Gasteiger partial charge >= 0.3 is 0 Å². The Hall–Kier alpha value is -1.39. The van der Waals surface area contributed by atoms with Gasteiger partial charge in [0.1, 0.15) is 5.75 Å². The number of aryl methyl sites for hydroxylation is 1. The van der Waals surface area contributed by atoms with E-state index in [0.717, 1.165) is 16.6 Å². The summed E-state index contributed by atoms with van der Waals surface area (Å²) >= 11 is 3.31. The van der Waals surface area contributed by atoms with Gasteiger partial charge in [-0.1, -0.05) is 12.1 Å². The molecule has 2 rings (SSSR count). The quantitative estimate of drug-likeness (QED) is 0.912. The first-order chi connectivity index (χ1) is 8.68. The molecule has 1 heterocycles. The van der Waals surface area contributed by atoms with E-state index in [1.165, 1.54) is 11.1 Å². The summed E-state index contributed by atoms with van der Waals surface area (Å²) < 4.78 is 0.724. The van der Waals surface area contributed by atoms with Crippen LogP contribution in [0.4, 0.5) is 0 Å². The predicted octanol–water partition coefficient (Wildman–Crippen LogP) is 3.15. The normalized spacial score (nSPS) is 10.6. The summed E-state index contributed by atoms with van der Waals surface area (Å²) in [5.41, 5.74) is 3.28. The van der Waals surface area contributed by atoms with Gasteiger partial charge in [-0.3, -0.25) is 4.98 Å². The van der Waals surface area contributed by atoms with E-state index in [0.29, 0.717) is 12.3 Å². The fraction of sp³-hybridized carbons (Fsp3) is 0.214. The number of phenols is 1. The zero-order valence-corrected chi connectivity index (χ0v) is 11.7. The molecule has 0 aliphatic heterocycles. The van der Waals surface area contributed by atoms with E-state index >= 15 is 0 Å². The van der Waals surface area contributed by atoms with Crippen molar-refractivity contribution in [2.45, 2.75) is 20.0 Å². The number of hydrogen-bond donors (Lipinski definition) is 2. The third-order valence-electron chi connectivity index (χ3n) is 2.84. The number of aromatic hydroxyl groups is 1. The Morgan fingerprint density at radius 3 is 2.78 bits per heavy atom. The lowest BCUT2D eigenvalue weighted by atomic mass is 10.1. The van der Waals surface area contributed by atoms with E-state index in [4.69, 9.17) is 0 Å². The lowest BCUT2D eigenvalue weighted by Crippen LogP contribution is -2.13. The molecule has 3 nitrogen and oxygen atoms in total. The first-order valence-electron chi connectivity index (χ1n) is 5.75. The van der Waals surface area contributed by atoms with Gasteiger partial charge in [0.25, 0.3) is 0 Å². The first kappa shape index (κ1) is 13.1. The fourth-order valence-corrected chi connectivity index (χ4v) is 2.14. The van der Waals surface area contributed by atoms with Gasteiger partial charge < -0.3 is 10.4 Å². The van der Waals surface area contributed by atoms with E-state index < -0.39 is 0 Å². The second-order valence-corrected chi connectivity index (χ2v) is 5.01. The van der Waals surface area contributed by atoms with Gasteiger partial charge in [-0.2, -0.15) is 0 Å². The van der Waals surface area contributed by atoms with Crippen LogP contribution in [-0.2, 0) is 13.1 Å². The van der Waals surface area contributed by atoms with Crippen molar-refractivity contribution in [3.05, 3.63) is 57.8 Å². The van der Waals surface area contributed by atoms with Crippen molar-refractivity contribution in [1.29, 1.82) is 0 Å². The maximum Gasteiger partial charge on any atom is 0.134 e. The zero-order valence-electron chi connectivity index (χ0n) is 10.2. The molecule has 2 aromatic rings. The molecule has 0 spiro atoms. The molecule has 0 saturated carbocycles. The van der Waals surface area contributed by atoms with E-state index in [2.05, 4.69) is 26.2 Å². The average Bonchev–Trinajstić information content (AvgIpc) is 2.37. The van der Waals surface area contributed by atoms with Crippen LogP contribution in [0.5, 0.6) is 5.75 Å². The number of pyridine rings is 1. The lowest BCUT2D eigenvalue weighted by Gasteiger charge is -2.09. The fourth-order valence-electron chi connectivity index (χ4n) is 1.74. The molecule has 0 bridgehead atoms. The van der Waals surface area contributed by atoms with Crippen LogP contribution in [0.2, 0.25) is 0 Å². The SMILES string of the molecule is Cc1cnccc1CNCc1cccc(Br)c1O. The highest BCUT2D eigenvalue weighted by molar-refractivity contribution is 9.10. The van der Waals surface area contributed by atoms with E-state index in [1.807, 2.05) is 37.4 Å². The van der Waals surface area contributed by atoms with Crippen LogP contribution in [0.25, 0.3) is 0 Å². The molecule has 0 amide bonds. The standard InChI is InChI=1S/C14H15BrN2O/c1-10-7-16-6-5-11(10)8-17-9-12-3-2-4-13(15)14(12)18/h2-7,17-18H,8-9H2,1H3. The summed E-state index contributed by atoms with van der Waals surface area (Å²) in [6.45, 7) is 3.44. The van der Waals surface area contributed by atoms with Crippen molar-refractivity contribution in [1.82, 2.24) is 10.3 Å². The van der Waals surface area contributed by atoms with Gasteiger partial charge in [0.15, 0.2) is 0 Å². The third kappa shape index (κ3) is 3.09. The summed E-state index contributed by atoms with van der Waals surface area (Å²) in [5, 5.41) is 13.2. The van der Waals surface area contributed by atoms with Gasteiger partial charge in [-0.25, -0.2) is 0 Å². The molecule has 0 fully saturated rings. The number of benzene rings is 1. The van der Waals surface area contributed by atoms with E-state index in [-0.39, 0.29) is 0 Å². The number of para-hydroxylation sites is 1. The Balaban J connectivity index is 1.97. The molecule has 0 radical (unpaired) electrons. The molecule has 4 heteroatoms. The van der Waals surface area contributed by atoms with Crippen molar-refractivity contribution < 1.29 is 5.11 Å². The minimum absolute atomic E-state index is 0.302. The number of phenolic OH excluding ortho intramolecular Hbond substituents is 1. The van der Waals surface area contributed by atoms with Crippen LogP contribution in [0.3, 0.4) is 0 Å². The van der Waals surface area contributed by atoms with Gasteiger partial charge in [0, 0.05) is 31.0 Å². The number of hydrogen-bond acceptors (Lipinski definition) is 3. The highest BCUT2D eigenvalue weighted by Gasteiger charge is 2.04. The molecule has 18 heavy (non-hydrogen) atoms. The molecule has 0 aliphatic carbocycles. The van der Waals surface area contributed by atoms with Crippen molar-refractivity contribution in [2.24, 2.45) is 0 Å². The van der Waals surface area contributed by atoms with Gasteiger partial charge in [0.2, 0.25) is 0 Å². The topological polar surface area (TPSA) is 45.2 Å². The smallest absolute Gasteiger partial charge is 0.134 e. The lowest BCUT2D eigenvalue weighted by molar-refractivity contribution is 0.461. The summed E-state index contributed by atoms with van der Waals surface area (Å²) in [4.78, 5) is 4.06. The number of aromatic nitrogens is 1. The van der Waals surface area contributed by atoms with Crippen LogP contribution in [-0.4, -0.2) is 10.1 Å². The second-order valence-electron chi connectivity index (χ2n) is 4.15. The highest BCUT2D eigenvalue weighted by atomic mass is 79.9. The Morgan fingerprint density at radius 1 is 1.22 bits per heavy atom. The minimum atomic E-state index is 0.302. The number of rotatable bonds is 4. The molecular formula is C14H15BrN2O. The Bertz CT molecular complexity index is 543. The molecule has 0 unspecified atom stereocenters. The molecule has 2 N–H and O–H groups in total. The summed E-state index contributed by atoms with van der Waals surface area (Å²) in [6, 6.07) is 7.65. The molecule has 0 aliphatic rings. The molecule has 0 atom stereocenters. The molecule has 0 saturated heterocycles. The van der Waals surface area contributed by atoms with Gasteiger partial charge in [0.05, 0.1) is 4.47 Å². The number of nitrogens with one attached hydrogen (secondary N) is 1. The average molecular weight is 307 g/mol. The maximum atomic E-state index is 9.85. The molecule has 1 aromatic heterocycles. The molecular weight excluding hydrogens is 292 g/mol. The van der Waals surface area contributed by atoms with Crippen LogP contribution in [0.15, 0.2) is 41.1 Å². The summed E-state index contributed by atoms with van der Waals surface area (Å²) in [7, 11) is 0. The highest BCUT2D eigenvalue weighted by Crippen LogP contribution is 2.27. The molecule has 1 aromatic carbocycles. The second kappa shape index (κ2) is 5.98. The zero-order chi connectivity index (χ0) is 13.0. The Kier molecular flexibility index (Phi) is 4.33. The van der Waals surface area contributed by atoms with E-state index in [9.17, 15) is 5.11 Å². The largest absolute Gasteiger partial charge is 0.506 e. The van der Waals surface area contributed by atoms with Crippen molar-refractivity contribution >= 4 is 15.9 Å². The van der Waals surface area contributed by atoms with Crippen molar-refractivity contribution in [3.8, 4) is 5.75 Å². The van der Waals surface area contributed by atoms with Crippen LogP contribution < -0.4 is 5.32 Å². The van der Waals surface area contributed by atoms with Crippen molar-refractivity contribution in [3.63, 3.8) is 0 Å². The third-order valence-corrected chi connectivity index (χ3v) is 3.48. The van der Waals surface area contributed by atoms with E-state index in [1.54, 1.807) is 6.20 Å². The van der Waals surface area contributed by atoms with Crippen LogP contribution >= 0.6 is 15.9 Å². The first-order valence-corrected chi connectivity index (χ1v) is 6.54. The summed E-state index contributed by atoms with van der Waals surface area (Å²) in [6.07, 6.45) is 3.65. The monoisotopic (exact) mass is 306 g/mol. The number of nitrogens with zero attached hydrogens (tertiary/aromatic N) is 1. The summed E-state index contributed by atoms with van der Waals surface area (Å²) in [5.74, 6) is 0.302. The molecule has 94 valence electrons. The van der Waals surface area contributed by atoms with Crippen LogP contribution in [0, 0.1) is 6.92 Å². The Morgan fingerprint density at radius 2 is 2.00 bits per heavy atom.